The van der Waals surface area contributed by atoms with Crippen LogP contribution in [0.3, 0.4) is 0 Å². The lowest BCUT2D eigenvalue weighted by molar-refractivity contribution is -0.118. The minimum absolute atomic E-state index is 0.0299. The van der Waals surface area contributed by atoms with E-state index >= 15 is 0 Å². The Bertz CT molecular complexity index is 733. The normalized spacial score (nSPS) is 17.3. The molecule has 5 heteroatoms. The van der Waals surface area contributed by atoms with Crippen molar-refractivity contribution in [3.63, 3.8) is 0 Å². The SMILES string of the molecule is CN1C=C(Nc2cccc(SCF)c2)C(=O)C1c1ccccc1. The van der Waals surface area contributed by atoms with Gasteiger partial charge in [0.05, 0.1) is 0 Å². The molecule has 0 spiro atoms. The Morgan fingerprint density at radius 1 is 1.17 bits per heavy atom. The number of ketones is 1. The molecule has 0 saturated heterocycles. The number of alkyl halides is 1. The number of likely N-dealkylation sites (N-methyl/N-ethyl adjacent to an activating group) is 1. The van der Waals surface area contributed by atoms with Crippen LogP contribution in [-0.2, 0) is 4.79 Å². The zero-order valence-corrected chi connectivity index (χ0v) is 13.5. The number of anilines is 1. The Hall–Kier alpha value is -2.27. The molecule has 118 valence electrons. The fourth-order valence-electron chi connectivity index (χ4n) is 2.67. The van der Waals surface area contributed by atoms with E-state index in [2.05, 4.69) is 5.32 Å². The lowest BCUT2D eigenvalue weighted by Crippen LogP contribution is -2.21. The maximum atomic E-state index is 12.7. The van der Waals surface area contributed by atoms with Gasteiger partial charge in [0, 0.05) is 23.8 Å². The first-order chi connectivity index (χ1) is 11.2. The summed E-state index contributed by atoms with van der Waals surface area (Å²) < 4.78 is 12.4. The molecular weight excluding hydrogens is 311 g/mol. The first-order valence-electron chi connectivity index (χ1n) is 7.28. The summed E-state index contributed by atoms with van der Waals surface area (Å²) in [4.78, 5) is 15.4. The van der Waals surface area contributed by atoms with Crippen LogP contribution in [0.15, 0.2) is 71.4 Å². The minimum Gasteiger partial charge on any atom is -0.364 e. The second-order valence-electron chi connectivity index (χ2n) is 5.29. The number of nitrogens with zero attached hydrogens (tertiary/aromatic N) is 1. The van der Waals surface area contributed by atoms with E-state index in [-0.39, 0.29) is 11.8 Å². The van der Waals surface area contributed by atoms with Crippen molar-refractivity contribution in [3.8, 4) is 0 Å². The van der Waals surface area contributed by atoms with Gasteiger partial charge in [-0.25, -0.2) is 4.39 Å². The average molecular weight is 328 g/mol. The Kier molecular flexibility index (Phi) is 4.67. The summed E-state index contributed by atoms with van der Waals surface area (Å²) in [6, 6.07) is 16.3. The van der Waals surface area contributed by atoms with Crippen molar-refractivity contribution in [2.75, 3.05) is 18.4 Å². The van der Waals surface area contributed by atoms with Gasteiger partial charge in [-0.3, -0.25) is 4.79 Å². The van der Waals surface area contributed by atoms with Crippen LogP contribution >= 0.6 is 11.8 Å². The van der Waals surface area contributed by atoms with Crippen LogP contribution in [0.2, 0.25) is 0 Å². The molecular formula is C18H17FN2OS. The predicted octanol–water partition coefficient (Wildman–Crippen LogP) is 4.21. The van der Waals surface area contributed by atoms with Gasteiger partial charge in [-0.15, -0.1) is 0 Å². The third-order valence-electron chi connectivity index (χ3n) is 3.70. The second-order valence-corrected chi connectivity index (χ2v) is 6.27. The maximum absolute atomic E-state index is 12.7. The number of thioether (sulfide) groups is 1. The van der Waals surface area contributed by atoms with Crippen LogP contribution in [0.1, 0.15) is 11.6 Å². The standard InChI is InChI=1S/C18H17FN2OS/c1-21-11-16(18(22)17(21)13-6-3-2-4-7-13)20-14-8-5-9-15(10-14)23-12-19/h2-11,17,20H,12H2,1H3. The summed E-state index contributed by atoms with van der Waals surface area (Å²) in [6.07, 6.45) is 1.81. The van der Waals surface area contributed by atoms with Crippen molar-refractivity contribution in [2.45, 2.75) is 10.9 Å². The topological polar surface area (TPSA) is 32.3 Å². The van der Waals surface area contributed by atoms with Crippen molar-refractivity contribution >= 4 is 23.2 Å². The van der Waals surface area contributed by atoms with E-state index in [0.717, 1.165) is 27.9 Å². The van der Waals surface area contributed by atoms with E-state index in [0.29, 0.717) is 5.70 Å². The molecule has 1 atom stereocenters. The van der Waals surface area contributed by atoms with E-state index in [1.165, 1.54) is 0 Å². The zero-order valence-electron chi connectivity index (χ0n) is 12.7. The highest BCUT2D eigenvalue weighted by atomic mass is 32.2. The monoisotopic (exact) mass is 328 g/mol. The molecule has 0 amide bonds. The molecule has 2 aromatic carbocycles. The third kappa shape index (κ3) is 3.40. The van der Waals surface area contributed by atoms with E-state index < -0.39 is 6.01 Å². The molecule has 1 N–H and O–H groups in total. The molecule has 3 rings (SSSR count). The number of benzene rings is 2. The van der Waals surface area contributed by atoms with Crippen LogP contribution < -0.4 is 5.32 Å². The third-order valence-corrected chi connectivity index (χ3v) is 4.40. The number of carbonyl (C=O) groups excluding carboxylic acids is 1. The van der Waals surface area contributed by atoms with Crippen LogP contribution in [0.5, 0.6) is 0 Å². The first-order valence-corrected chi connectivity index (χ1v) is 8.26. The minimum atomic E-state index is -0.468. The van der Waals surface area contributed by atoms with Crippen molar-refractivity contribution in [1.29, 1.82) is 0 Å². The van der Waals surface area contributed by atoms with Crippen LogP contribution in [0.25, 0.3) is 0 Å². The molecule has 1 unspecified atom stereocenters. The molecule has 0 aliphatic carbocycles. The summed E-state index contributed by atoms with van der Waals surface area (Å²) in [7, 11) is 1.89. The van der Waals surface area contributed by atoms with E-state index in [1.807, 2.05) is 72.7 Å². The number of carbonyl (C=O) groups is 1. The van der Waals surface area contributed by atoms with Crippen LogP contribution in [0, 0.1) is 0 Å². The highest BCUT2D eigenvalue weighted by Crippen LogP contribution is 2.31. The summed E-state index contributed by atoms with van der Waals surface area (Å²) in [5.41, 5.74) is 2.30. The smallest absolute Gasteiger partial charge is 0.207 e. The Balaban J connectivity index is 1.78. The van der Waals surface area contributed by atoms with Gasteiger partial charge in [0.1, 0.15) is 17.7 Å². The van der Waals surface area contributed by atoms with Gasteiger partial charge in [0.25, 0.3) is 0 Å². The summed E-state index contributed by atoms with van der Waals surface area (Å²) in [6.45, 7) is 0. The molecule has 0 aromatic heterocycles. The predicted molar refractivity (Wildman–Crippen MR) is 91.9 cm³/mol. The number of rotatable bonds is 5. The van der Waals surface area contributed by atoms with E-state index in [9.17, 15) is 9.18 Å². The summed E-state index contributed by atoms with van der Waals surface area (Å²) >= 11 is 1.12. The van der Waals surface area contributed by atoms with Gasteiger partial charge < -0.3 is 10.2 Å². The number of halogens is 1. The van der Waals surface area contributed by atoms with E-state index in [1.54, 1.807) is 0 Å². The molecule has 0 saturated carbocycles. The maximum Gasteiger partial charge on any atom is 0.207 e. The first kappa shape index (κ1) is 15.6. The molecule has 1 heterocycles. The molecule has 3 nitrogen and oxygen atoms in total. The molecule has 0 fully saturated rings. The number of nitrogens with one attached hydrogen (secondary N) is 1. The zero-order chi connectivity index (χ0) is 16.2. The highest BCUT2D eigenvalue weighted by Gasteiger charge is 2.32. The second kappa shape index (κ2) is 6.87. The van der Waals surface area contributed by atoms with Crippen molar-refractivity contribution < 1.29 is 9.18 Å². The number of hydrogen-bond acceptors (Lipinski definition) is 4. The molecule has 0 bridgehead atoms. The van der Waals surface area contributed by atoms with Gasteiger partial charge in [-0.1, -0.05) is 48.2 Å². The molecule has 23 heavy (non-hydrogen) atoms. The van der Waals surface area contributed by atoms with Crippen LogP contribution in [-0.4, -0.2) is 23.7 Å². The fourth-order valence-corrected chi connectivity index (χ4v) is 3.18. The van der Waals surface area contributed by atoms with Gasteiger partial charge >= 0.3 is 0 Å². The van der Waals surface area contributed by atoms with E-state index in [4.69, 9.17) is 0 Å². The van der Waals surface area contributed by atoms with Gasteiger partial charge in [0.2, 0.25) is 5.78 Å². The Labute approximate surface area is 139 Å². The van der Waals surface area contributed by atoms with Crippen molar-refractivity contribution in [2.24, 2.45) is 0 Å². The number of Topliss-reactive ketones (excluding diaryl/α,β-unsaturated/α-hetero) is 1. The number of hydrogen-bond donors (Lipinski definition) is 1. The largest absolute Gasteiger partial charge is 0.364 e. The quantitative estimate of drug-likeness (QED) is 0.833. The van der Waals surface area contributed by atoms with Crippen LogP contribution in [0.4, 0.5) is 10.1 Å². The average Bonchev–Trinajstić information content (AvgIpc) is 2.83. The molecule has 2 aromatic rings. The van der Waals surface area contributed by atoms with Crippen molar-refractivity contribution in [1.82, 2.24) is 4.90 Å². The van der Waals surface area contributed by atoms with Gasteiger partial charge in [0.15, 0.2) is 0 Å². The molecule has 1 aliphatic heterocycles. The lowest BCUT2D eigenvalue weighted by atomic mass is 10.0. The molecule has 0 radical (unpaired) electrons. The Morgan fingerprint density at radius 3 is 2.70 bits per heavy atom. The summed E-state index contributed by atoms with van der Waals surface area (Å²) in [5, 5.41) is 3.15. The highest BCUT2D eigenvalue weighted by molar-refractivity contribution is 7.99. The van der Waals surface area contributed by atoms with Gasteiger partial charge in [-0.05, 0) is 23.8 Å². The lowest BCUT2D eigenvalue weighted by Gasteiger charge is -2.19. The Morgan fingerprint density at radius 2 is 1.96 bits per heavy atom. The summed E-state index contributed by atoms with van der Waals surface area (Å²) in [5.74, 6) is 0.0299. The molecule has 1 aliphatic rings. The van der Waals surface area contributed by atoms with Crippen molar-refractivity contribution in [3.05, 3.63) is 72.1 Å². The fraction of sp³-hybridized carbons (Fsp3) is 0.167. The van der Waals surface area contributed by atoms with Gasteiger partial charge in [-0.2, -0.15) is 0 Å².